The van der Waals surface area contributed by atoms with Crippen molar-refractivity contribution in [2.75, 3.05) is 0 Å². The standard InChI is InChI=1S/C15H19N/c1-11-5-4-6-12(9-11)14-10-16-15-8-3-2-7-13(14)15/h2-3,7-8,10-12,16H,4-6,9H2,1H3/t11-,12+/m0/s1. The van der Waals surface area contributed by atoms with Crippen LogP contribution in [0, 0.1) is 5.92 Å². The molecule has 0 spiro atoms. The Kier molecular flexibility index (Phi) is 2.47. The summed E-state index contributed by atoms with van der Waals surface area (Å²) in [6, 6.07) is 8.67. The van der Waals surface area contributed by atoms with Gasteiger partial charge >= 0.3 is 0 Å². The zero-order chi connectivity index (χ0) is 11.0. The molecule has 1 aliphatic rings. The molecule has 84 valence electrons. The molecule has 1 nitrogen and oxygen atoms in total. The number of benzene rings is 1. The lowest BCUT2D eigenvalue weighted by atomic mass is 9.79. The highest BCUT2D eigenvalue weighted by Crippen LogP contribution is 2.38. The summed E-state index contributed by atoms with van der Waals surface area (Å²) in [6.07, 6.45) is 7.77. The van der Waals surface area contributed by atoms with Crippen molar-refractivity contribution >= 4 is 10.9 Å². The maximum atomic E-state index is 3.40. The molecule has 0 aliphatic heterocycles. The molecule has 1 fully saturated rings. The molecule has 1 aromatic carbocycles. The lowest BCUT2D eigenvalue weighted by molar-refractivity contribution is 0.345. The van der Waals surface area contributed by atoms with Crippen molar-refractivity contribution in [1.82, 2.24) is 4.98 Å². The van der Waals surface area contributed by atoms with Crippen LogP contribution in [0.1, 0.15) is 44.1 Å². The van der Waals surface area contributed by atoms with Gasteiger partial charge < -0.3 is 4.98 Å². The van der Waals surface area contributed by atoms with Gasteiger partial charge in [-0.2, -0.15) is 0 Å². The van der Waals surface area contributed by atoms with Crippen LogP contribution < -0.4 is 0 Å². The molecule has 1 N–H and O–H groups in total. The van der Waals surface area contributed by atoms with Gasteiger partial charge in [0.05, 0.1) is 0 Å². The fourth-order valence-electron chi connectivity index (χ4n) is 3.15. The highest BCUT2D eigenvalue weighted by Gasteiger charge is 2.22. The summed E-state index contributed by atoms with van der Waals surface area (Å²) in [5, 5.41) is 1.43. The Hall–Kier alpha value is -1.24. The molecule has 0 unspecified atom stereocenters. The fourth-order valence-corrected chi connectivity index (χ4v) is 3.15. The van der Waals surface area contributed by atoms with Crippen LogP contribution >= 0.6 is 0 Å². The number of rotatable bonds is 1. The first-order chi connectivity index (χ1) is 7.84. The first-order valence-electron chi connectivity index (χ1n) is 6.40. The molecule has 16 heavy (non-hydrogen) atoms. The predicted molar refractivity (Wildman–Crippen MR) is 68.7 cm³/mol. The summed E-state index contributed by atoms with van der Waals surface area (Å²) in [5.41, 5.74) is 2.83. The molecular formula is C15H19N. The maximum Gasteiger partial charge on any atom is 0.0456 e. The topological polar surface area (TPSA) is 15.8 Å². The number of aromatic nitrogens is 1. The number of hydrogen-bond acceptors (Lipinski definition) is 0. The third-order valence-corrected chi connectivity index (χ3v) is 4.00. The van der Waals surface area contributed by atoms with Gasteiger partial charge in [-0.15, -0.1) is 0 Å². The van der Waals surface area contributed by atoms with E-state index in [4.69, 9.17) is 0 Å². The second kappa shape index (κ2) is 3.97. The van der Waals surface area contributed by atoms with Crippen LogP contribution in [0.2, 0.25) is 0 Å². The van der Waals surface area contributed by atoms with Crippen LogP contribution in [0.5, 0.6) is 0 Å². The minimum absolute atomic E-state index is 0.778. The van der Waals surface area contributed by atoms with Crippen molar-refractivity contribution in [3.05, 3.63) is 36.0 Å². The van der Waals surface area contributed by atoms with Crippen molar-refractivity contribution < 1.29 is 0 Å². The van der Waals surface area contributed by atoms with Gasteiger partial charge in [-0.05, 0) is 36.3 Å². The van der Waals surface area contributed by atoms with E-state index in [0.29, 0.717) is 0 Å². The first kappa shape index (κ1) is 9.95. The van der Waals surface area contributed by atoms with E-state index in [0.717, 1.165) is 11.8 Å². The molecule has 0 saturated heterocycles. The summed E-state index contributed by atoms with van der Waals surface area (Å²) >= 11 is 0. The summed E-state index contributed by atoms with van der Waals surface area (Å²) in [5.74, 6) is 1.67. The van der Waals surface area contributed by atoms with Crippen LogP contribution in [-0.2, 0) is 0 Å². The average Bonchev–Trinajstić information content (AvgIpc) is 2.72. The monoisotopic (exact) mass is 213 g/mol. The van der Waals surface area contributed by atoms with Crippen molar-refractivity contribution in [2.45, 2.75) is 38.5 Å². The minimum Gasteiger partial charge on any atom is -0.361 e. The third-order valence-electron chi connectivity index (χ3n) is 4.00. The molecule has 1 saturated carbocycles. The minimum atomic E-state index is 0.778. The van der Waals surface area contributed by atoms with E-state index in [9.17, 15) is 0 Å². The number of H-pyrrole nitrogens is 1. The highest BCUT2D eigenvalue weighted by atomic mass is 14.7. The molecule has 2 aromatic rings. The molecule has 1 heteroatoms. The van der Waals surface area contributed by atoms with Gasteiger partial charge in [0.1, 0.15) is 0 Å². The summed E-state index contributed by atoms with van der Waals surface area (Å²) < 4.78 is 0. The van der Waals surface area contributed by atoms with E-state index in [1.807, 2.05) is 0 Å². The summed E-state index contributed by atoms with van der Waals surface area (Å²) in [4.78, 5) is 3.40. The second-order valence-electron chi connectivity index (χ2n) is 5.26. The Labute approximate surface area is 96.9 Å². The lowest BCUT2D eigenvalue weighted by Gasteiger charge is -2.26. The average molecular weight is 213 g/mol. The maximum absolute atomic E-state index is 3.40. The quantitative estimate of drug-likeness (QED) is 0.719. The Morgan fingerprint density at radius 1 is 1.19 bits per heavy atom. The third kappa shape index (κ3) is 1.64. The molecule has 0 radical (unpaired) electrons. The van der Waals surface area contributed by atoms with Crippen LogP contribution in [0.4, 0.5) is 0 Å². The Morgan fingerprint density at radius 2 is 2.06 bits per heavy atom. The van der Waals surface area contributed by atoms with Crippen molar-refractivity contribution in [3.8, 4) is 0 Å². The smallest absolute Gasteiger partial charge is 0.0456 e. The largest absolute Gasteiger partial charge is 0.361 e. The first-order valence-corrected chi connectivity index (χ1v) is 6.40. The number of aromatic amines is 1. The van der Waals surface area contributed by atoms with E-state index in [1.165, 1.54) is 36.6 Å². The molecule has 2 atom stereocenters. The van der Waals surface area contributed by atoms with Crippen molar-refractivity contribution in [3.63, 3.8) is 0 Å². The number of hydrogen-bond donors (Lipinski definition) is 1. The van der Waals surface area contributed by atoms with Gasteiger partial charge in [-0.1, -0.05) is 38.0 Å². The number of nitrogens with one attached hydrogen (secondary N) is 1. The Bertz CT molecular complexity index is 483. The predicted octanol–water partition coefficient (Wildman–Crippen LogP) is 4.46. The van der Waals surface area contributed by atoms with Gasteiger partial charge in [-0.3, -0.25) is 0 Å². The van der Waals surface area contributed by atoms with Gasteiger partial charge in [0.25, 0.3) is 0 Å². The van der Waals surface area contributed by atoms with Gasteiger partial charge in [0.15, 0.2) is 0 Å². The van der Waals surface area contributed by atoms with E-state index in [-0.39, 0.29) is 0 Å². The van der Waals surface area contributed by atoms with Crippen molar-refractivity contribution in [1.29, 1.82) is 0 Å². The summed E-state index contributed by atoms with van der Waals surface area (Å²) in [6.45, 7) is 2.39. The van der Waals surface area contributed by atoms with Gasteiger partial charge in [0, 0.05) is 17.1 Å². The number of para-hydroxylation sites is 1. The van der Waals surface area contributed by atoms with E-state index in [1.54, 1.807) is 5.56 Å². The molecule has 1 heterocycles. The Balaban J connectivity index is 1.99. The van der Waals surface area contributed by atoms with Gasteiger partial charge in [0.2, 0.25) is 0 Å². The van der Waals surface area contributed by atoms with Crippen molar-refractivity contribution in [2.24, 2.45) is 5.92 Å². The second-order valence-corrected chi connectivity index (χ2v) is 5.26. The summed E-state index contributed by atoms with van der Waals surface area (Å²) in [7, 11) is 0. The molecule has 3 rings (SSSR count). The highest BCUT2D eigenvalue weighted by molar-refractivity contribution is 5.83. The van der Waals surface area contributed by atoms with Crippen LogP contribution in [0.3, 0.4) is 0 Å². The number of fused-ring (bicyclic) bond motifs is 1. The van der Waals surface area contributed by atoms with Crippen LogP contribution in [-0.4, -0.2) is 4.98 Å². The zero-order valence-corrected chi connectivity index (χ0v) is 9.87. The van der Waals surface area contributed by atoms with E-state index < -0.39 is 0 Å². The van der Waals surface area contributed by atoms with Gasteiger partial charge in [-0.25, -0.2) is 0 Å². The van der Waals surface area contributed by atoms with E-state index in [2.05, 4.69) is 42.4 Å². The SMILES string of the molecule is C[C@H]1CCC[C@@H](c2c[nH]c3ccccc23)C1. The molecule has 0 bridgehead atoms. The zero-order valence-electron chi connectivity index (χ0n) is 9.87. The lowest BCUT2D eigenvalue weighted by Crippen LogP contribution is -2.11. The molecule has 1 aliphatic carbocycles. The molecule has 1 aromatic heterocycles. The van der Waals surface area contributed by atoms with E-state index >= 15 is 0 Å². The van der Waals surface area contributed by atoms with Crippen LogP contribution in [0.25, 0.3) is 10.9 Å². The normalized spacial score (nSPS) is 26.1. The molecule has 0 amide bonds. The fraction of sp³-hybridized carbons (Fsp3) is 0.467. The Morgan fingerprint density at radius 3 is 2.94 bits per heavy atom. The molecular weight excluding hydrogens is 194 g/mol. The van der Waals surface area contributed by atoms with Crippen LogP contribution in [0.15, 0.2) is 30.5 Å².